The topological polar surface area (TPSA) is 118 Å². The van der Waals surface area contributed by atoms with Gasteiger partial charge in [-0.25, -0.2) is 14.8 Å². The third-order valence-corrected chi connectivity index (χ3v) is 7.55. The summed E-state index contributed by atoms with van der Waals surface area (Å²) >= 11 is 6.34. The standard InChI is InChI=1S/C25H29ClN8O2/c1-15-2-4-16(5-3-15)14-34-22-19(30-24(34)33-8-6-27-7-9-33)11-20(23-31-25(35)36-32-23)29-21(22)17-10-18(26)13-28-12-17/h10-13,15-16,27H,2-9,14H2,1H3,(H,31,32,35). The Labute approximate surface area is 213 Å². The van der Waals surface area contributed by atoms with Gasteiger partial charge in [-0.05, 0) is 36.8 Å². The average molecular weight is 509 g/mol. The van der Waals surface area contributed by atoms with E-state index in [2.05, 4.69) is 36.8 Å². The fourth-order valence-corrected chi connectivity index (χ4v) is 5.57. The van der Waals surface area contributed by atoms with Crippen LogP contribution in [0.5, 0.6) is 0 Å². The summed E-state index contributed by atoms with van der Waals surface area (Å²) in [5.41, 5.74) is 3.70. The van der Waals surface area contributed by atoms with E-state index in [1.165, 1.54) is 25.7 Å². The minimum atomic E-state index is -0.628. The lowest BCUT2D eigenvalue weighted by Gasteiger charge is -2.31. The van der Waals surface area contributed by atoms with Crippen LogP contribution in [-0.2, 0) is 6.54 Å². The summed E-state index contributed by atoms with van der Waals surface area (Å²) in [5.74, 6) is 1.95. The fraction of sp³-hybridized carbons (Fsp3) is 0.480. The summed E-state index contributed by atoms with van der Waals surface area (Å²) in [5, 5.41) is 7.82. The predicted molar refractivity (Wildman–Crippen MR) is 138 cm³/mol. The monoisotopic (exact) mass is 508 g/mol. The smallest absolute Gasteiger partial charge is 0.340 e. The Morgan fingerprint density at radius 2 is 1.92 bits per heavy atom. The van der Waals surface area contributed by atoms with Gasteiger partial charge in [-0.1, -0.05) is 36.5 Å². The molecule has 36 heavy (non-hydrogen) atoms. The number of hydrogen-bond donors (Lipinski definition) is 2. The van der Waals surface area contributed by atoms with Crippen LogP contribution < -0.4 is 16.0 Å². The number of rotatable bonds is 5. The van der Waals surface area contributed by atoms with E-state index in [0.717, 1.165) is 61.2 Å². The maximum Gasteiger partial charge on any atom is 0.439 e. The van der Waals surface area contributed by atoms with Crippen molar-refractivity contribution in [3.8, 4) is 22.8 Å². The van der Waals surface area contributed by atoms with Crippen LogP contribution in [0.1, 0.15) is 32.6 Å². The average Bonchev–Trinajstić information content (AvgIpc) is 3.49. The zero-order valence-electron chi connectivity index (χ0n) is 20.2. The minimum Gasteiger partial charge on any atom is -0.340 e. The highest BCUT2D eigenvalue weighted by molar-refractivity contribution is 6.30. The number of aromatic amines is 1. The highest BCUT2D eigenvalue weighted by Gasteiger charge is 2.27. The van der Waals surface area contributed by atoms with Gasteiger partial charge in [0, 0.05) is 50.7 Å². The Kier molecular flexibility index (Phi) is 6.22. The van der Waals surface area contributed by atoms with E-state index in [0.29, 0.717) is 22.3 Å². The first-order valence-electron chi connectivity index (χ1n) is 12.6. The van der Waals surface area contributed by atoms with Gasteiger partial charge in [0.2, 0.25) is 11.8 Å². The second-order valence-corrected chi connectivity index (χ2v) is 10.4. The molecule has 0 amide bonds. The highest BCUT2D eigenvalue weighted by atomic mass is 35.5. The Morgan fingerprint density at radius 1 is 1.11 bits per heavy atom. The number of nitrogens with zero attached hydrogens (tertiary/aromatic N) is 6. The fourth-order valence-electron chi connectivity index (χ4n) is 5.40. The van der Waals surface area contributed by atoms with Gasteiger partial charge in [0.25, 0.3) is 0 Å². The van der Waals surface area contributed by atoms with E-state index in [9.17, 15) is 4.79 Å². The lowest BCUT2D eigenvalue weighted by molar-refractivity contribution is 0.266. The Balaban J connectivity index is 1.56. The molecule has 5 heterocycles. The van der Waals surface area contributed by atoms with Crippen molar-refractivity contribution in [2.45, 2.75) is 39.2 Å². The molecule has 10 nitrogen and oxygen atoms in total. The molecule has 0 spiro atoms. The first-order chi connectivity index (χ1) is 17.5. The highest BCUT2D eigenvalue weighted by Crippen LogP contribution is 2.37. The normalized spacial score (nSPS) is 20.8. The van der Waals surface area contributed by atoms with E-state index < -0.39 is 5.76 Å². The summed E-state index contributed by atoms with van der Waals surface area (Å²) in [6.45, 7) is 6.83. The summed E-state index contributed by atoms with van der Waals surface area (Å²) in [6, 6.07) is 3.73. The number of imidazole rings is 1. The molecule has 4 aromatic rings. The largest absolute Gasteiger partial charge is 0.439 e. The molecule has 0 bridgehead atoms. The lowest BCUT2D eigenvalue weighted by atomic mass is 9.83. The molecule has 11 heteroatoms. The third-order valence-electron chi connectivity index (χ3n) is 7.34. The number of fused-ring (bicyclic) bond motifs is 1. The van der Waals surface area contributed by atoms with Crippen LogP contribution in [0.25, 0.3) is 33.8 Å². The van der Waals surface area contributed by atoms with Crippen molar-refractivity contribution in [1.82, 2.24) is 35.0 Å². The second kappa shape index (κ2) is 9.67. The molecule has 6 rings (SSSR count). The maximum absolute atomic E-state index is 11.7. The molecule has 2 aliphatic rings. The van der Waals surface area contributed by atoms with Gasteiger partial charge in [0.15, 0.2) is 0 Å². The molecule has 1 saturated carbocycles. The number of anilines is 1. The van der Waals surface area contributed by atoms with Crippen LogP contribution in [0.3, 0.4) is 0 Å². The van der Waals surface area contributed by atoms with Crippen molar-refractivity contribution in [3.05, 3.63) is 40.1 Å². The third kappa shape index (κ3) is 4.51. The minimum absolute atomic E-state index is 0.262. The van der Waals surface area contributed by atoms with Crippen molar-refractivity contribution < 1.29 is 4.52 Å². The van der Waals surface area contributed by atoms with Gasteiger partial charge in [-0.3, -0.25) is 14.5 Å². The molecule has 0 radical (unpaired) electrons. The molecular weight excluding hydrogens is 480 g/mol. The summed E-state index contributed by atoms with van der Waals surface area (Å²) in [6.07, 6.45) is 8.30. The molecule has 1 saturated heterocycles. The molecule has 188 valence electrons. The van der Waals surface area contributed by atoms with E-state index in [4.69, 9.17) is 26.1 Å². The van der Waals surface area contributed by atoms with Crippen molar-refractivity contribution in [3.63, 3.8) is 0 Å². The van der Waals surface area contributed by atoms with Crippen LogP contribution in [0, 0.1) is 11.8 Å². The van der Waals surface area contributed by atoms with Gasteiger partial charge in [0.1, 0.15) is 5.69 Å². The molecule has 1 aliphatic carbocycles. The molecule has 2 N–H and O–H groups in total. The maximum atomic E-state index is 11.7. The first kappa shape index (κ1) is 23.2. The summed E-state index contributed by atoms with van der Waals surface area (Å²) in [7, 11) is 0. The van der Waals surface area contributed by atoms with E-state index in [1.54, 1.807) is 12.4 Å². The molecule has 1 aliphatic heterocycles. The quantitative estimate of drug-likeness (QED) is 0.418. The lowest BCUT2D eigenvalue weighted by Crippen LogP contribution is -2.44. The summed E-state index contributed by atoms with van der Waals surface area (Å²) in [4.78, 5) is 31.0. The number of halogens is 1. The second-order valence-electron chi connectivity index (χ2n) is 9.94. The molecule has 0 atom stereocenters. The zero-order valence-corrected chi connectivity index (χ0v) is 21.0. The number of pyridine rings is 2. The van der Waals surface area contributed by atoms with Crippen molar-refractivity contribution in [1.29, 1.82) is 0 Å². The molecule has 2 fully saturated rings. The zero-order chi connectivity index (χ0) is 24.6. The number of aromatic nitrogens is 6. The van der Waals surface area contributed by atoms with Crippen LogP contribution in [0.15, 0.2) is 33.8 Å². The van der Waals surface area contributed by atoms with Crippen LogP contribution in [0.4, 0.5) is 5.95 Å². The number of piperazine rings is 1. The van der Waals surface area contributed by atoms with Crippen LogP contribution in [-0.4, -0.2) is 55.8 Å². The number of nitrogens with one attached hydrogen (secondary N) is 2. The summed E-state index contributed by atoms with van der Waals surface area (Å²) < 4.78 is 7.10. The molecule has 0 unspecified atom stereocenters. The van der Waals surface area contributed by atoms with Gasteiger partial charge in [0.05, 0.1) is 21.7 Å². The molecule has 4 aromatic heterocycles. The van der Waals surface area contributed by atoms with E-state index in [-0.39, 0.29) is 5.82 Å². The SMILES string of the molecule is CC1CCC(Cn2c(N3CCNCC3)nc3cc(-c4noc(=O)[nH]4)nc(-c4cncc(Cl)c4)c32)CC1. The van der Waals surface area contributed by atoms with Gasteiger partial charge in [-0.15, -0.1) is 0 Å². The van der Waals surface area contributed by atoms with Crippen molar-refractivity contribution >= 4 is 28.6 Å². The van der Waals surface area contributed by atoms with Gasteiger partial charge < -0.3 is 14.8 Å². The number of H-pyrrole nitrogens is 1. The molecular formula is C25H29ClN8O2. The Hall–Kier alpha value is -3.24. The van der Waals surface area contributed by atoms with Gasteiger partial charge in [-0.2, -0.15) is 0 Å². The van der Waals surface area contributed by atoms with Gasteiger partial charge >= 0.3 is 5.76 Å². The Morgan fingerprint density at radius 3 is 2.64 bits per heavy atom. The van der Waals surface area contributed by atoms with E-state index >= 15 is 0 Å². The predicted octanol–water partition coefficient (Wildman–Crippen LogP) is 3.73. The van der Waals surface area contributed by atoms with Crippen LogP contribution >= 0.6 is 11.6 Å². The first-order valence-corrected chi connectivity index (χ1v) is 13.0. The van der Waals surface area contributed by atoms with Crippen molar-refractivity contribution in [2.24, 2.45) is 11.8 Å². The molecule has 0 aromatic carbocycles. The van der Waals surface area contributed by atoms with Crippen molar-refractivity contribution in [2.75, 3.05) is 31.1 Å². The Bertz CT molecular complexity index is 1430. The van der Waals surface area contributed by atoms with E-state index in [1.807, 2.05) is 12.1 Å². The number of hydrogen-bond acceptors (Lipinski definition) is 8. The van der Waals surface area contributed by atoms with Crippen LogP contribution in [0.2, 0.25) is 5.02 Å².